The van der Waals surface area contributed by atoms with Gasteiger partial charge in [-0.25, -0.2) is 8.42 Å². The molecule has 1 saturated heterocycles. The van der Waals surface area contributed by atoms with Crippen molar-refractivity contribution in [1.29, 1.82) is 0 Å². The van der Waals surface area contributed by atoms with Gasteiger partial charge in [-0.3, -0.25) is 4.90 Å². The van der Waals surface area contributed by atoms with Gasteiger partial charge in [0, 0.05) is 32.4 Å². The summed E-state index contributed by atoms with van der Waals surface area (Å²) >= 11 is 0. The third-order valence-corrected chi connectivity index (χ3v) is 4.85. The van der Waals surface area contributed by atoms with E-state index < -0.39 is 9.84 Å². The molecule has 0 aromatic heterocycles. The first-order valence-corrected chi connectivity index (χ1v) is 9.22. The minimum absolute atomic E-state index is 0.231. The number of benzene rings is 1. The lowest BCUT2D eigenvalue weighted by molar-refractivity contribution is -0.0253. The predicted molar refractivity (Wildman–Crippen MR) is 83.1 cm³/mol. The molecule has 21 heavy (non-hydrogen) atoms. The summed E-state index contributed by atoms with van der Waals surface area (Å²) in [7, 11) is -3.11. The first-order valence-electron chi connectivity index (χ1n) is 7.32. The zero-order valence-corrected chi connectivity index (χ0v) is 13.5. The maximum atomic E-state index is 11.4. The number of ether oxygens (including phenoxy) is 1. The Bertz CT molecular complexity index is 543. The molecule has 0 radical (unpaired) electrons. The first kappa shape index (κ1) is 16.4. The second-order valence-corrected chi connectivity index (χ2v) is 7.45. The van der Waals surface area contributed by atoms with Crippen molar-refractivity contribution >= 4 is 9.84 Å². The fraction of sp³-hybridized carbons (Fsp3) is 0.600. The Morgan fingerprint density at radius 2 is 2.05 bits per heavy atom. The highest BCUT2D eigenvalue weighted by atomic mass is 32.2. The molecule has 0 spiro atoms. The zero-order valence-electron chi connectivity index (χ0n) is 12.7. The van der Waals surface area contributed by atoms with Crippen LogP contribution in [-0.4, -0.2) is 58.5 Å². The fourth-order valence-electron chi connectivity index (χ4n) is 2.42. The standard InChI is InChI=1S/C15H24N2O3S/c1-3-17-8-9-20-14(12-17)11-16-10-13-4-6-15(7-5-13)21(2,18)19/h4-7,14,16H,3,8-12H2,1-2H3/t14-/m1/s1. The fourth-order valence-corrected chi connectivity index (χ4v) is 3.05. The van der Waals surface area contributed by atoms with Crippen LogP contribution in [0.3, 0.4) is 0 Å². The predicted octanol–water partition coefficient (Wildman–Crippen LogP) is 0.900. The van der Waals surface area contributed by atoms with Crippen molar-refractivity contribution in [3.05, 3.63) is 29.8 Å². The van der Waals surface area contributed by atoms with Crippen LogP contribution >= 0.6 is 0 Å². The lowest BCUT2D eigenvalue weighted by Gasteiger charge is -2.32. The number of morpholine rings is 1. The Labute approximate surface area is 127 Å². The van der Waals surface area contributed by atoms with E-state index in [0.29, 0.717) is 4.90 Å². The maximum Gasteiger partial charge on any atom is 0.175 e. The van der Waals surface area contributed by atoms with E-state index in [1.165, 1.54) is 6.26 Å². The Kier molecular flexibility index (Phi) is 5.75. The average molecular weight is 312 g/mol. The minimum Gasteiger partial charge on any atom is -0.374 e. The van der Waals surface area contributed by atoms with Crippen LogP contribution in [0.15, 0.2) is 29.2 Å². The summed E-state index contributed by atoms with van der Waals surface area (Å²) in [4.78, 5) is 2.75. The number of hydrogen-bond donors (Lipinski definition) is 1. The number of nitrogens with one attached hydrogen (secondary N) is 1. The van der Waals surface area contributed by atoms with Crippen molar-refractivity contribution in [3.63, 3.8) is 0 Å². The van der Waals surface area contributed by atoms with Gasteiger partial charge < -0.3 is 10.1 Å². The molecule has 2 rings (SSSR count). The summed E-state index contributed by atoms with van der Waals surface area (Å²) in [6.07, 6.45) is 1.45. The van der Waals surface area contributed by atoms with Crippen LogP contribution in [0.4, 0.5) is 0 Å². The molecular weight excluding hydrogens is 288 g/mol. The van der Waals surface area contributed by atoms with Gasteiger partial charge in [0.05, 0.1) is 17.6 Å². The number of hydrogen-bond acceptors (Lipinski definition) is 5. The van der Waals surface area contributed by atoms with Crippen LogP contribution < -0.4 is 5.32 Å². The van der Waals surface area contributed by atoms with Gasteiger partial charge in [0.25, 0.3) is 0 Å². The van der Waals surface area contributed by atoms with E-state index >= 15 is 0 Å². The summed E-state index contributed by atoms with van der Waals surface area (Å²) < 4.78 is 28.5. The summed E-state index contributed by atoms with van der Waals surface area (Å²) in [5.74, 6) is 0. The molecule has 0 aliphatic carbocycles. The third-order valence-electron chi connectivity index (χ3n) is 3.72. The molecule has 5 nitrogen and oxygen atoms in total. The topological polar surface area (TPSA) is 58.6 Å². The molecule has 1 N–H and O–H groups in total. The van der Waals surface area contributed by atoms with Crippen molar-refractivity contribution in [3.8, 4) is 0 Å². The maximum absolute atomic E-state index is 11.4. The average Bonchev–Trinajstić information content (AvgIpc) is 2.47. The van der Waals surface area contributed by atoms with Crippen LogP contribution in [0, 0.1) is 0 Å². The lowest BCUT2D eigenvalue weighted by Crippen LogP contribution is -2.46. The molecule has 1 aromatic carbocycles. The Morgan fingerprint density at radius 1 is 1.33 bits per heavy atom. The molecule has 1 heterocycles. The second-order valence-electron chi connectivity index (χ2n) is 5.43. The third kappa shape index (κ3) is 5.07. The van der Waals surface area contributed by atoms with Crippen LogP contribution in [0.5, 0.6) is 0 Å². The van der Waals surface area contributed by atoms with E-state index in [4.69, 9.17) is 4.74 Å². The summed E-state index contributed by atoms with van der Waals surface area (Å²) in [6.45, 7) is 7.53. The molecule has 1 aliphatic rings. The SMILES string of the molecule is CCN1CCO[C@H](CNCc2ccc(S(C)(=O)=O)cc2)C1. The number of nitrogens with zero attached hydrogens (tertiary/aromatic N) is 1. The highest BCUT2D eigenvalue weighted by Gasteiger charge is 2.18. The highest BCUT2D eigenvalue weighted by molar-refractivity contribution is 7.90. The molecule has 1 fully saturated rings. The Hall–Kier alpha value is -0.950. The first-order chi connectivity index (χ1) is 9.99. The quantitative estimate of drug-likeness (QED) is 0.846. The summed E-state index contributed by atoms with van der Waals surface area (Å²) in [5.41, 5.74) is 1.07. The van der Waals surface area contributed by atoms with Crippen molar-refractivity contribution < 1.29 is 13.2 Å². The second kappa shape index (κ2) is 7.35. The summed E-state index contributed by atoms with van der Waals surface area (Å²) in [5, 5.41) is 3.37. The molecule has 0 bridgehead atoms. The van der Waals surface area contributed by atoms with Crippen molar-refractivity contribution in [2.75, 3.05) is 39.0 Å². The van der Waals surface area contributed by atoms with Gasteiger partial charge in [-0.2, -0.15) is 0 Å². The molecule has 118 valence electrons. The van der Waals surface area contributed by atoms with Gasteiger partial charge in [-0.05, 0) is 24.2 Å². The van der Waals surface area contributed by atoms with E-state index in [-0.39, 0.29) is 6.10 Å². The molecule has 1 aliphatic heterocycles. The lowest BCUT2D eigenvalue weighted by atomic mass is 10.2. The Morgan fingerprint density at radius 3 is 2.67 bits per heavy atom. The van der Waals surface area contributed by atoms with Gasteiger partial charge in [-0.1, -0.05) is 19.1 Å². The molecule has 0 amide bonds. The van der Waals surface area contributed by atoms with E-state index in [9.17, 15) is 8.42 Å². The highest BCUT2D eigenvalue weighted by Crippen LogP contribution is 2.10. The van der Waals surface area contributed by atoms with Gasteiger partial charge in [-0.15, -0.1) is 0 Å². The zero-order chi connectivity index (χ0) is 15.3. The van der Waals surface area contributed by atoms with Gasteiger partial charge in [0.15, 0.2) is 9.84 Å². The molecule has 6 heteroatoms. The molecule has 1 aromatic rings. The van der Waals surface area contributed by atoms with Crippen molar-refractivity contribution in [2.24, 2.45) is 0 Å². The van der Waals surface area contributed by atoms with Crippen molar-refractivity contribution in [1.82, 2.24) is 10.2 Å². The van der Waals surface area contributed by atoms with Gasteiger partial charge in [0.2, 0.25) is 0 Å². The smallest absolute Gasteiger partial charge is 0.175 e. The molecule has 0 saturated carbocycles. The van der Waals surface area contributed by atoms with Gasteiger partial charge in [0.1, 0.15) is 0 Å². The van der Waals surface area contributed by atoms with E-state index in [1.807, 2.05) is 12.1 Å². The van der Waals surface area contributed by atoms with E-state index in [1.54, 1.807) is 12.1 Å². The van der Waals surface area contributed by atoms with Crippen LogP contribution in [0.25, 0.3) is 0 Å². The Balaban J connectivity index is 1.78. The molecular formula is C15H24N2O3S. The minimum atomic E-state index is -3.11. The van der Waals surface area contributed by atoms with E-state index in [0.717, 1.165) is 44.9 Å². The van der Waals surface area contributed by atoms with Crippen LogP contribution in [0.1, 0.15) is 12.5 Å². The molecule has 1 atom stereocenters. The normalized spacial score (nSPS) is 20.6. The van der Waals surface area contributed by atoms with Crippen LogP contribution in [0.2, 0.25) is 0 Å². The van der Waals surface area contributed by atoms with Crippen molar-refractivity contribution in [2.45, 2.75) is 24.5 Å². The molecule has 0 unspecified atom stereocenters. The van der Waals surface area contributed by atoms with Gasteiger partial charge >= 0.3 is 0 Å². The summed E-state index contributed by atoms with van der Waals surface area (Å²) in [6, 6.07) is 7.01. The van der Waals surface area contributed by atoms with E-state index in [2.05, 4.69) is 17.1 Å². The number of likely N-dealkylation sites (N-methyl/N-ethyl adjacent to an activating group) is 1. The largest absolute Gasteiger partial charge is 0.374 e. The number of rotatable bonds is 6. The van der Waals surface area contributed by atoms with Crippen LogP contribution in [-0.2, 0) is 21.1 Å². The number of sulfone groups is 1. The monoisotopic (exact) mass is 312 g/mol.